The maximum Gasteiger partial charge on any atom is 0.584 e. The number of phosphoric ester groups is 2. The zero-order valence-electron chi connectivity index (χ0n) is 11.9. The van der Waals surface area contributed by atoms with Crippen molar-refractivity contribution in [3.8, 4) is 17.2 Å². The molecule has 0 saturated heterocycles. The Morgan fingerprint density at radius 1 is 0.739 bits per heavy atom. The van der Waals surface area contributed by atoms with E-state index in [1.165, 1.54) is 30.3 Å². The molecular weight excluding hydrogens is 346 g/mol. The van der Waals surface area contributed by atoms with Gasteiger partial charge in [-0.05, 0) is 24.3 Å². The second-order valence-electron chi connectivity index (χ2n) is 4.18. The smallest absolute Gasteiger partial charge is 0.404 e. The third kappa shape index (κ3) is 5.71. The first-order valence-electron chi connectivity index (χ1n) is 6.25. The zero-order valence-corrected chi connectivity index (χ0v) is 13.7. The second kappa shape index (κ2) is 7.17. The molecule has 0 amide bonds. The highest BCUT2D eigenvalue weighted by molar-refractivity contribution is 7.48. The van der Waals surface area contributed by atoms with Crippen LogP contribution in [0.4, 0.5) is 0 Å². The summed E-state index contributed by atoms with van der Waals surface area (Å²) in [7, 11) is -7.66. The van der Waals surface area contributed by atoms with Gasteiger partial charge in [0, 0.05) is 13.2 Å². The fourth-order valence-corrected chi connectivity index (χ4v) is 2.78. The Kier molecular flexibility index (Phi) is 5.46. The van der Waals surface area contributed by atoms with Gasteiger partial charge in [-0.1, -0.05) is 24.3 Å². The molecule has 0 radical (unpaired) electrons. The Morgan fingerprint density at radius 2 is 1.22 bits per heavy atom. The molecular formula is C13H14O8P2. The molecule has 0 spiro atoms. The first kappa shape index (κ1) is 17.5. The maximum absolute atomic E-state index is 11.9. The minimum absolute atomic E-state index is 0.0742. The second-order valence-corrected chi connectivity index (χ2v) is 6.97. The molecule has 124 valence electrons. The summed E-state index contributed by atoms with van der Waals surface area (Å²) < 4.78 is 42.1. The lowest BCUT2D eigenvalue weighted by atomic mass is 10.3. The van der Waals surface area contributed by atoms with Crippen LogP contribution >= 0.6 is 15.6 Å². The monoisotopic (exact) mass is 360 g/mol. The molecule has 2 N–H and O–H groups in total. The number of hydrogen-bond acceptors (Lipinski definition) is 6. The molecule has 10 heteroatoms. The van der Waals surface area contributed by atoms with E-state index in [2.05, 4.69) is 4.52 Å². The molecule has 0 aliphatic rings. The van der Waals surface area contributed by atoms with E-state index in [1.54, 1.807) is 18.2 Å². The Morgan fingerprint density at radius 3 is 1.78 bits per heavy atom. The van der Waals surface area contributed by atoms with Crippen molar-refractivity contribution in [3.05, 3.63) is 54.6 Å². The molecule has 0 heterocycles. The van der Waals surface area contributed by atoms with Gasteiger partial charge in [-0.15, -0.1) is 0 Å². The van der Waals surface area contributed by atoms with Gasteiger partial charge in [0.2, 0.25) is 0 Å². The van der Waals surface area contributed by atoms with E-state index in [-0.39, 0.29) is 17.2 Å². The van der Waals surface area contributed by atoms with Crippen molar-refractivity contribution in [3.63, 3.8) is 0 Å². The van der Waals surface area contributed by atoms with Crippen molar-refractivity contribution in [1.29, 1.82) is 0 Å². The summed E-state index contributed by atoms with van der Waals surface area (Å²) >= 11 is 0. The SMILES string of the molecule is COP(=O)(O)Oc1cccc(OP(=O)(O)Oc2ccccc2)c1. The topological polar surface area (TPSA) is 112 Å². The molecule has 0 bridgehead atoms. The molecule has 0 aliphatic carbocycles. The van der Waals surface area contributed by atoms with Gasteiger partial charge in [-0.25, -0.2) is 9.13 Å². The lowest BCUT2D eigenvalue weighted by molar-refractivity contribution is 0.242. The summed E-state index contributed by atoms with van der Waals surface area (Å²) in [6.45, 7) is 0. The standard InChI is InChI=1S/C13H14O8P2/c1-18-22(14,15)20-12-8-5-9-13(10-12)21-23(16,17)19-11-6-3-2-4-7-11/h2-10H,1H3,(H,14,15)(H,16,17). The van der Waals surface area contributed by atoms with E-state index in [0.717, 1.165) is 13.2 Å². The molecule has 2 aromatic carbocycles. The number of phosphoric acid groups is 2. The minimum Gasteiger partial charge on any atom is -0.404 e. The van der Waals surface area contributed by atoms with Crippen LogP contribution in [-0.4, -0.2) is 16.9 Å². The highest BCUT2D eigenvalue weighted by Crippen LogP contribution is 2.47. The third-order valence-electron chi connectivity index (χ3n) is 2.44. The molecule has 2 unspecified atom stereocenters. The van der Waals surface area contributed by atoms with E-state index < -0.39 is 15.6 Å². The molecule has 2 atom stereocenters. The molecule has 0 fully saturated rings. The van der Waals surface area contributed by atoms with Crippen LogP contribution in [0.25, 0.3) is 0 Å². The van der Waals surface area contributed by atoms with Crippen molar-refractivity contribution in [1.82, 2.24) is 0 Å². The first-order chi connectivity index (χ1) is 10.8. The summed E-state index contributed by atoms with van der Waals surface area (Å²) in [6, 6.07) is 13.2. The van der Waals surface area contributed by atoms with Crippen LogP contribution in [0.5, 0.6) is 17.2 Å². The van der Waals surface area contributed by atoms with Crippen molar-refractivity contribution >= 4 is 15.6 Å². The Balaban J connectivity index is 2.10. The maximum atomic E-state index is 11.9. The van der Waals surface area contributed by atoms with E-state index in [1.807, 2.05) is 0 Å². The summed E-state index contributed by atoms with van der Waals surface area (Å²) in [5.41, 5.74) is 0. The fourth-order valence-electron chi connectivity index (χ4n) is 1.52. The van der Waals surface area contributed by atoms with Gasteiger partial charge in [0.05, 0.1) is 0 Å². The van der Waals surface area contributed by atoms with Crippen molar-refractivity contribution < 1.29 is 37.0 Å². The van der Waals surface area contributed by atoms with E-state index in [4.69, 9.17) is 13.6 Å². The predicted octanol–water partition coefficient (Wildman–Crippen LogP) is 3.37. The highest BCUT2D eigenvalue weighted by Gasteiger charge is 2.26. The predicted molar refractivity (Wildman–Crippen MR) is 81.4 cm³/mol. The van der Waals surface area contributed by atoms with Crippen molar-refractivity contribution in [2.75, 3.05) is 7.11 Å². The molecule has 23 heavy (non-hydrogen) atoms. The number of benzene rings is 2. The van der Waals surface area contributed by atoms with Gasteiger partial charge >= 0.3 is 15.6 Å². The van der Waals surface area contributed by atoms with E-state index in [9.17, 15) is 18.9 Å². The van der Waals surface area contributed by atoms with Crippen LogP contribution < -0.4 is 13.6 Å². The lowest BCUT2D eigenvalue weighted by Gasteiger charge is -2.15. The minimum atomic E-state index is -4.43. The highest BCUT2D eigenvalue weighted by atomic mass is 31.2. The van der Waals surface area contributed by atoms with Gasteiger partial charge in [0.25, 0.3) is 0 Å². The van der Waals surface area contributed by atoms with Crippen LogP contribution in [0.3, 0.4) is 0 Å². The third-order valence-corrected chi connectivity index (χ3v) is 4.23. The van der Waals surface area contributed by atoms with Crippen LogP contribution in [0.15, 0.2) is 54.6 Å². The van der Waals surface area contributed by atoms with Gasteiger partial charge in [-0.2, -0.15) is 0 Å². The first-order valence-corrected chi connectivity index (χ1v) is 9.24. The van der Waals surface area contributed by atoms with Crippen LogP contribution in [0.1, 0.15) is 0 Å². The fraction of sp³-hybridized carbons (Fsp3) is 0.0769. The van der Waals surface area contributed by atoms with Crippen LogP contribution in [0, 0.1) is 0 Å². The Labute approximate surface area is 132 Å². The summed E-state index contributed by atoms with van der Waals surface area (Å²) in [4.78, 5) is 19.0. The normalized spacial score (nSPS) is 16.0. The molecule has 8 nitrogen and oxygen atoms in total. The number of hydrogen-bond donors (Lipinski definition) is 2. The lowest BCUT2D eigenvalue weighted by Crippen LogP contribution is -2.00. The number of rotatable bonds is 7. The zero-order chi connectivity index (χ0) is 16.9. The largest absolute Gasteiger partial charge is 0.584 e. The summed E-state index contributed by atoms with van der Waals surface area (Å²) in [6.07, 6.45) is 0. The molecule has 0 aromatic heterocycles. The average Bonchev–Trinajstić information content (AvgIpc) is 2.47. The summed E-state index contributed by atoms with van der Waals surface area (Å²) in [5.74, 6) is 0.000224. The van der Waals surface area contributed by atoms with Crippen molar-refractivity contribution in [2.24, 2.45) is 0 Å². The molecule has 2 rings (SSSR count). The van der Waals surface area contributed by atoms with Crippen molar-refractivity contribution in [2.45, 2.75) is 0 Å². The Hall–Kier alpha value is -1.82. The van der Waals surface area contributed by atoms with Crippen LogP contribution in [-0.2, 0) is 13.7 Å². The number of para-hydroxylation sites is 1. The van der Waals surface area contributed by atoms with Gasteiger partial charge < -0.3 is 13.6 Å². The van der Waals surface area contributed by atoms with Gasteiger partial charge in [-0.3, -0.25) is 14.3 Å². The Bertz CT molecular complexity index is 749. The van der Waals surface area contributed by atoms with E-state index in [0.29, 0.717) is 0 Å². The van der Waals surface area contributed by atoms with Gasteiger partial charge in [0.1, 0.15) is 17.2 Å². The molecule has 0 saturated carbocycles. The van der Waals surface area contributed by atoms with Crippen LogP contribution in [0.2, 0.25) is 0 Å². The molecule has 0 aliphatic heterocycles. The quantitative estimate of drug-likeness (QED) is 0.723. The average molecular weight is 360 g/mol. The molecule has 2 aromatic rings. The summed E-state index contributed by atoms with van der Waals surface area (Å²) in [5, 5.41) is 0. The van der Waals surface area contributed by atoms with E-state index >= 15 is 0 Å². The van der Waals surface area contributed by atoms with Gasteiger partial charge in [0.15, 0.2) is 0 Å².